The summed E-state index contributed by atoms with van der Waals surface area (Å²) in [4.78, 5) is -1.90. The number of aliphatic hydroxyl groups is 1. The standard InChI is InChI=1S/C11H13F5O2S/c12-19(13,14,15,16)10-4-1-8(2-5-10)11-6-3-9(7-17)18-11/h1-2,4-5,9,11,17H,3,6-7H2. The summed E-state index contributed by atoms with van der Waals surface area (Å²) in [5.41, 5.74) is 0.404. The molecule has 2 nitrogen and oxygen atoms in total. The summed E-state index contributed by atoms with van der Waals surface area (Å²) in [6.07, 6.45) is 0.330. The van der Waals surface area contributed by atoms with Crippen LogP contribution in [-0.4, -0.2) is 17.8 Å². The Hall–Kier alpha value is -0.860. The van der Waals surface area contributed by atoms with E-state index in [0.29, 0.717) is 30.5 Å². The summed E-state index contributed by atoms with van der Waals surface area (Å²) in [5, 5.41) is 8.88. The van der Waals surface area contributed by atoms with Crippen molar-refractivity contribution in [3.8, 4) is 0 Å². The number of benzene rings is 1. The molecule has 1 heterocycles. The Labute approximate surface area is 106 Å². The lowest BCUT2D eigenvalue weighted by molar-refractivity contribution is 0.0109. The second kappa shape index (κ2) is 3.83. The minimum atomic E-state index is -9.60. The molecule has 0 radical (unpaired) electrons. The number of rotatable bonds is 3. The maximum Gasteiger partial charge on any atom is 0.310 e. The van der Waals surface area contributed by atoms with Crippen molar-refractivity contribution in [3.05, 3.63) is 29.8 Å². The molecule has 0 saturated carbocycles. The lowest BCUT2D eigenvalue weighted by Gasteiger charge is -2.40. The maximum absolute atomic E-state index is 12.5. The van der Waals surface area contributed by atoms with Crippen LogP contribution in [0.15, 0.2) is 29.2 Å². The second-order valence-electron chi connectivity index (χ2n) is 4.54. The average Bonchev–Trinajstić information content (AvgIpc) is 2.75. The monoisotopic (exact) mass is 304 g/mol. The molecule has 2 rings (SSSR count). The number of hydrogen-bond donors (Lipinski definition) is 1. The van der Waals surface area contributed by atoms with E-state index in [1.165, 1.54) is 0 Å². The lowest BCUT2D eigenvalue weighted by atomic mass is 10.1. The van der Waals surface area contributed by atoms with Crippen molar-refractivity contribution >= 4 is 10.2 Å². The highest BCUT2D eigenvalue weighted by Gasteiger charge is 2.65. The van der Waals surface area contributed by atoms with Crippen molar-refractivity contribution < 1.29 is 29.3 Å². The Morgan fingerprint density at radius 1 is 1.05 bits per heavy atom. The van der Waals surface area contributed by atoms with Gasteiger partial charge in [-0.2, -0.15) is 0 Å². The van der Waals surface area contributed by atoms with Crippen LogP contribution in [0.3, 0.4) is 0 Å². The highest BCUT2D eigenvalue weighted by molar-refractivity contribution is 8.45. The van der Waals surface area contributed by atoms with Crippen LogP contribution in [0.1, 0.15) is 24.5 Å². The molecule has 1 aromatic rings. The zero-order valence-electron chi connectivity index (χ0n) is 9.74. The van der Waals surface area contributed by atoms with Gasteiger partial charge in [-0.05, 0) is 30.5 Å². The van der Waals surface area contributed by atoms with Gasteiger partial charge >= 0.3 is 10.2 Å². The summed E-state index contributed by atoms with van der Waals surface area (Å²) >= 11 is 0. The van der Waals surface area contributed by atoms with Gasteiger partial charge in [-0.1, -0.05) is 31.6 Å². The van der Waals surface area contributed by atoms with Crippen LogP contribution >= 0.6 is 10.2 Å². The number of hydrogen-bond acceptors (Lipinski definition) is 2. The van der Waals surface area contributed by atoms with Crippen LogP contribution in [0, 0.1) is 0 Å². The largest absolute Gasteiger partial charge is 0.394 e. The first-order valence-electron chi connectivity index (χ1n) is 5.60. The third kappa shape index (κ3) is 3.37. The van der Waals surface area contributed by atoms with Gasteiger partial charge in [-0.15, -0.1) is 0 Å². The molecule has 0 spiro atoms. The highest BCUT2D eigenvalue weighted by Crippen LogP contribution is 3.02. The van der Waals surface area contributed by atoms with Gasteiger partial charge < -0.3 is 9.84 Å². The van der Waals surface area contributed by atoms with Crippen LogP contribution < -0.4 is 0 Å². The van der Waals surface area contributed by atoms with Gasteiger partial charge in [-0.3, -0.25) is 0 Å². The number of halogens is 5. The molecule has 19 heavy (non-hydrogen) atoms. The summed E-state index contributed by atoms with van der Waals surface area (Å²) in [6, 6.07) is 2.76. The molecular weight excluding hydrogens is 291 g/mol. The molecule has 1 aliphatic heterocycles. The minimum absolute atomic E-state index is 0.167. The van der Waals surface area contributed by atoms with Crippen molar-refractivity contribution in [3.63, 3.8) is 0 Å². The molecular formula is C11H13F5O2S. The Morgan fingerprint density at radius 2 is 1.63 bits per heavy atom. The Bertz CT molecular complexity index is 469. The average molecular weight is 304 g/mol. The maximum atomic E-state index is 12.5. The summed E-state index contributed by atoms with van der Waals surface area (Å²) < 4.78 is 67.9. The van der Waals surface area contributed by atoms with Crippen LogP contribution in [0.5, 0.6) is 0 Å². The van der Waals surface area contributed by atoms with Crippen LogP contribution in [0.25, 0.3) is 0 Å². The summed E-state index contributed by atoms with van der Waals surface area (Å²) in [5.74, 6) is 0. The van der Waals surface area contributed by atoms with E-state index in [9.17, 15) is 19.4 Å². The molecule has 0 aromatic heterocycles. The molecule has 2 atom stereocenters. The quantitative estimate of drug-likeness (QED) is 0.830. The molecule has 1 aliphatic rings. The van der Waals surface area contributed by atoms with Crippen LogP contribution in [0.4, 0.5) is 19.4 Å². The molecule has 1 saturated heterocycles. The summed E-state index contributed by atoms with van der Waals surface area (Å²) in [7, 11) is -9.60. The number of aliphatic hydroxyl groups excluding tert-OH is 1. The van der Waals surface area contributed by atoms with Crippen molar-refractivity contribution in [2.24, 2.45) is 0 Å². The topological polar surface area (TPSA) is 29.5 Å². The van der Waals surface area contributed by atoms with E-state index in [0.717, 1.165) is 12.1 Å². The fourth-order valence-corrected chi connectivity index (χ4v) is 2.68. The van der Waals surface area contributed by atoms with E-state index in [1.807, 2.05) is 0 Å². The van der Waals surface area contributed by atoms with E-state index >= 15 is 0 Å². The molecule has 110 valence electrons. The van der Waals surface area contributed by atoms with Crippen molar-refractivity contribution in [1.29, 1.82) is 0 Å². The molecule has 8 heteroatoms. The second-order valence-corrected chi connectivity index (χ2v) is 6.95. The van der Waals surface area contributed by atoms with E-state index in [-0.39, 0.29) is 12.7 Å². The van der Waals surface area contributed by atoms with E-state index in [2.05, 4.69) is 0 Å². The van der Waals surface area contributed by atoms with Crippen molar-refractivity contribution in [2.45, 2.75) is 29.9 Å². The highest BCUT2D eigenvalue weighted by atomic mass is 32.5. The fraction of sp³-hybridized carbons (Fsp3) is 0.455. The molecule has 0 bridgehead atoms. The van der Waals surface area contributed by atoms with E-state index < -0.39 is 21.2 Å². The molecule has 0 aliphatic carbocycles. The van der Waals surface area contributed by atoms with Gasteiger partial charge in [0.05, 0.1) is 18.8 Å². The first kappa shape index (κ1) is 14.5. The van der Waals surface area contributed by atoms with Gasteiger partial charge in [0.2, 0.25) is 0 Å². The van der Waals surface area contributed by atoms with Gasteiger partial charge in [0, 0.05) is 0 Å². The predicted octanol–water partition coefficient (Wildman–Crippen LogP) is 4.56. The third-order valence-corrected chi connectivity index (χ3v) is 4.17. The first-order chi connectivity index (χ1) is 8.49. The predicted molar refractivity (Wildman–Crippen MR) is 61.8 cm³/mol. The number of ether oxygens (including phenoxy) is 1. The Balaban J connectivity index is 2.21. The molecule has 1 fully saturated rings. The van der Waals surface area contributed by atoms with Crippen molar-refractivity contribution in [2.75, 3.05) is 6.61 Å². The smallest absolute Gasteiger partial charge is 0.310 e. The Kier molecular flexibility index (Phi) is 2.93. The first-order valence-corrected chi connectivity index (χ1v) is 7.55. The normalized spacial score (nSPS) is 27.9. The van der Waals surface area contributed by atoms with Crippen LogP contribution in [0.2, 0.25) is 0 Å². The molecule has 2 unspecified atom stereocenters. The van der Waals surface area contributed by atoms with Gasteiger partial charge in [0.1, 0.15) is 4.90 Å². The van der Waals surface area contributed by atoms with Crippen LogP contribution in [-0.2, 0) is 4.74 Å². The minimum Gasteiger partial charge on any atom is -0.394 e. The van der Waals surface area contributed by atoms with Crippen molar-refractivity contribution in [1.82, 2.24) is 0 Å². The molecule has 0 amide bonds. The summed E-state index contributed by atoms with van der Waals surface area (Å²) in [6.45, 7) is -0.167. The zero-order valence-corrected chi connectivity index (χ0v) is 10.6. The van der Waals surface area contributed by atoms with Gasteiger partial charge in [0.25, 0.3) is 0 Å². The van der Waals surface area contributed by atoms with E-state index in [1.54, 1.807) is 0 Å². The van der Waals surface area contributed by atoms with E-state index in [4.69, 9.17) is 9.84 Å². The Morgan fingerprint density at radius 3 is 2.05 bits per heavy atom. The third-order valence-electron chi connectivity index (χ3n) is 3.01. The molecule has 1 N–H and O–H groups in total. The molecule has 1 aromatic carbocycles. The zero-order chi connectivity index (χ0) is 14.4. The van der Waals surface area contributed by atoms with Gasteiger partial charge in [0.15, 0.2) is 0 Å². The van der Waals surface area contributed by atoms with Gasteiger partial charge in [-0.25, -0.2) is 0 Å². The lowest BCUT2D eigenvalue weighted by Crippen LogP contribution is -2.11. The SMILES string of the molecule is OCC1CCC(c2ccc(S(F)(F)(F)(F)F)cc2)O1. The fourth-order valence-electron chi connectivity index (χ4n) is 2.02.